The van der Waals surface area contributed by atoms with Gasteiger partial charge in [-0.3, -0.25) is 0 Å². The minimum absolute atomic E-state index is 0.644. The maximum Gasteiger partial charge on any atom is 0.416 e. The maximum atomic E-state index is 11.4. The highest BCUT2D eigenvalue weighted by atomic mass is 16.5. The second kappa shape index (κ2) is 4.55. The van der Waals surface area contributed by atoms with Crippen molar-refractivity contribution < 1.29 is 14.6 Å². The predicted molar refractivity (Wildman–Crippen MR) is 70.9 cm³/mol. The second-order valence-electron chi connectivity index (χ2n) is 4.59. The van der Waals surface area contributed by atoms with Crippen molar-refractivity contribution in [3.8, 4) is 0 Å². The largest absolute Gasteiger partial charge is 0.464 e. The first kappa shape index (κ1) is 12.0. The molecule has 0 aliphatic carbocycles. The number of carboxylic acid groups (broad SMARTS) is 1. The first-order chi connectivity index (χ1) is 9.18. The third-order valence-electron chi connectivity index (χ3n) is 3.41. The van der Waals surface area contributed by atoms with Crippen molar-refractivity contribution in [3.63, 3.8) is 0 Å². The van der Waals surface area contributed by atoms with Gasteiger partial charge in [0.05, 0.1) is 13.2 Å². The van der Waals surface area contributed by atoms with E-state index in [1.165, 1.54) is 4.57 Å². The van der Waals surface area contributed by atoms with Crippen molar-refractivity contribution in [2.24, 2.45) is 0 Å². The van der Waals surface area contributed by atoms with Crippen molar-refractivity contribution in [3.05, 3.63) is 24.0 Å². The number of anilines is 1. The Morgan fingerprint density at radius 1 is 1.42 bits per heavy atom. The molecule has 0 atom stereocenters. The van der Waals surface area contributed by atoms with E-state index in [4.69, 9.17) is 4.74 Å². The molecule has 0 radical (unpaired) electrons. The summed E-state index contributed by atoms with van der Waals surface area (Å²) in [5, 5.41) is 10.2. The molecule has 19 heavy (non-hydrogen) atoms. The molecule has 1 aliphatic heterocycles. The van der Waals surface area contributed by atoms with Gasteiger partial charge in [-0.05, 0) is 18.6 Å². The molecule has 1 saturated heterocycles. The number of rotatable bonds is 1. The summed E-state index contributed by atoms with van der Waals surface area (Å²) in [7, 11) is 0. The van der Waals surface area contributed by atoms with Crippen LogP contribution in [0.1, 0.15) is 5.56 Å². The van der Waals surface area contributed by atoms with Crippen LogP contribution in [0.2, 0.25) is 0 Å². The fraction of sp³-hybridized carbons (Fsp3) is 0.385. The van der Waals surface area contributed by atoms with Crippen LogP contribution in [-0.4, -0.2) is 47.1 Å². The Bertz CT molecular complexity index is 629. The third-order valence-corrected chi connectivity index (χ3v) is 3.41. The zero-order chi connectivity index (χ0) is 13.4. The minimum Gasteiger partial charge on any atom is -0.464 e. The molecule has 2 aromatic rings. The second-order valence-corrected chi connectivity index (χ2v) is 4.59. The van der Waals surface area contributed by atoms with E-state index in [9.17, 15) is 9.90 Å². The minimum atomic E-state index is -0.986. The van der Waals surface area contributed by atoms with Gasteiger partial charge in [-0.1, -0.05) is 0 Å². The van der Waals surface area contributed by atoms with Crippen molar-refractivity contribution in [2.45, 2.75) is 6.92 Å². The lowest BCUT2D eigenvalue weighted by Crippen LogP contribution is -2.37. The maximum absolute atomic E-state index is 11.4. The van der Waals surface area contributed by atoms with Crippen LogP contribution < -0.4 is 4.90 Å². The zero-order valence-electron chi connectivity index (χ0n) is 10.7. The van der Waals surface area contributed by atoms with Crippen LogP contribution in [0.4, 0.5) is 10.6 Å². The zero-order valence-corrected chi connectivity index (χ0v) is 10.7. The number of ether oxygens (including phenoxy) is 1. The molecule has 2 aromatic heterocycles. The molecule has 1 N–H and O–H groups in total. The normalized spacial score (nSPS) is 15.9. The number of aryl methyl sites for hydroxylation is 1. The summed E-state index contributed by atoms with van der Waals surface area (Å²) in [5.74, 6) is 0.719. The number of nitrogens with zero attached hydrogens (tertiary/aromatic N) is 3. The van der Waals surface area contributed by atoms with Crippen LogP contribution in [0.15, 0.2) is 18.5 Å². The summed E-state index contributed by atoms with van der Waals surface area (Å²) in [6.07, 6.45) is 2.38. The molecule has 0 aromatic carbocycles. The summed E-state index contributed by atoms with van der Waals surface area (Å²) >= 11 is 0. The molecular weight excluding hydrogens is 246 g/mol. The van der Waals surface area contributed by atoms with E-state index in [-0.39, 0.29) is 0 Å². The summed E-state index contributed by atoms with van der Waals surface area (Å²) < 4.78 is 6.58. The van der Waals surface area contributed by atoms with E-state index in [0.717, 1.165) is 29.9 Å². The summed E-state index contributed by atoms with van der Waals surface area (Å²) in [6.45, 7) is 4.66. The Kier molecular flexibility index (Phi) is 2.87. The quantitative estimate of drug-likeness (QED) is 0.846. The Morgan fingerprint density at radius 2 is 2.16 bits per heavy atom. The van der Waals surface area contributed by atoms with Gasteiger partial charge in [0.15, 0.2) is 5.82 Å². The molecule has 3 heterocycles. The number of hydrogen-bond donors (Lipinski definition) is 1. The molecule has 100 valence electrons. The predicted octanol–water partition coefficient (Wildman–Crippen LogP) is 1.71. The standard InChI is InChI=1S/C13H15N3O3/c1-9-8-16(13(17)18)11-10(9)2-3-14-12(11)15-4-6-19-7-5-15/h2-3,8H,4-7H2,1H3,(H,17,18). The monoisotopic (exact) mass is 261 g/mol. The highest BCUT2D eigenvalue weighted by molar-refractivity contribution is 5.97. The molecule has 0 unspecified atom stereocenters. The van der Waals surface area contributed by atoms with Gasteiger partial charge in [-0.2, -0.15) is 0 Å². The van der Waals surface area contributed by atoms with E-state index >= 15 is 0 Å². The Hall–Kier alpha value is -2.08. The molecule has 0 amide bonds. The third kappa shape index (κ3) is 1.94. The lowest BCUT2D eigenvalue weighted by Gasteiger charge is -2.28. The topological polar surface area (TPSA) is 67.6 Å². The molecule has 3 rings (SSSR count). The lowest BCUT2D eigenvalue weighted by atomic mass is 10.2. The van der Waals surface area contributed by atoms with E-state index in [2.05, 4.69) is 9.88 Å². The fourth-order valence-corrected chi connectivity index (χ4v) is 2.48. The lowest BCUT2D eigenvalue weighted by molar-refractivity contribution is 0.122. The van der Waals surface area contributed by atoms with Crippen LogP contribution in [0.3, 0.4) is 0 Å². The number of hydrogen-bond acceptors (Lipinski definition) is 4. The van der Waals surface area contributed by atoms with Crippen molar-refractivity contribution in [1.29, 1.82) is 0 Å². The highest BCUT2D eigenvalue weighted by Crippen LogP contribution is 2.28. The van der Waals surface area contributed by atoms with Gasteiger partial charge in [0, 0.05) is 30.9 Å². The highest BCUT2D eigenvalue weighted by Gasteiger charge is 2.20. The van der Waals surface area contributed by atoms with Crippen LogP contribution in [0.25, 0.3) is 10.9 Å². The van der Waals surface area contributed by atoms with Crippen molar-refractivity contribution in [1.82, 2.24) is 9.55 Å². The molecular formula is C13H15N3O3. The molecule has 1 fully saturated rings. The molecule has 0 saturated carbocycles. The molecule has 0 bridgehead atoms. The molecule has 1 aliphatic rings. The molecule has 6 heteroatoms. The number of fused-ring (bicyclic) bond motifs is 1. The van der Waals surface area contributed by atoms with E-state index in [1.54, 1.807) is 12.4 Å². The van der Waals surface area contributed by atoms with E-state index in [0.29, 0.717) is 18.7 Å². The van der Waals surface area contributed by atoms with Crippen LogP contribution in [0.5, 0.6) is 0 Å². The van der Waals surface area contributed by atoms with Crippen LogP contribution in [0, 0.1) is 6.92 Å². The van der Waals surface area contributed by atoms with Gasteiger partial charge < -0.3 is 14.7 Å². The number of carbonyl (C=O) groups is 1. The summed E-state index contributed by atoms with van der Waals surface area (Å²) in [6, 6.07) is 1.86. The van der Waals surface area contributed by atoms with Crippen LogP contribution >= 0.6 is 0 Å². The van der Waals surface area contributed by atoms with Crippen LogP contribution in [-0.2, 0) is 4.74 Å². The summed E-state index contributed by atoms with van der Waals surface area (Å²) in [4.78, 5) is 17.8. The Balaban J connectivity index is 2.20. The molecule has 0 spiro atoms. The van der Waals surface area contributed by atoms with E-state index in [1.807, 2.05) is 13.0 Å². The number of pyridine rings is 1. The molecule has 6 nitrogen and oxygen atoms in total. The fourth-order valence-electron chi connectivity index (χ4n) is 2.48. The first-order valence-corrected chi connectivity index (χ1v) is 6.21. The number of morpholine rings is 1. The van der Waals surface area contributed by atoms with Gasteiger partial charge in [-0.15, -0.1) is 0 Å². The average Bonchev–Trinajstić information content (AvgIpc) is 2.78. The number of aromatic nitrogens is 2. The SMILES string of the molecule is Cc1cn(C(=O)O)c2c(N3CCOCC3)nccc12. The van der Waals surface area contributed by atoms with Gasteiger partial charge in [-0.25, -0.2) is 14.3 Å². The average molecular weight is 261 g/mol. The van der Waals surface area contributed by atoms with Gasteiger partial charge in [0.25, 0.3) is 0 Å². The summed E-state index contributed by atoms with van der Waals surface area (Å²) in [5.41, 5.74) is 1.60. The van der Waals surface area contributed by atoms with Gasteiger partial charge in [0.2, 0.25) is 0 Å². The smallest absolute Gasteiger partial charge is 0.416 e. The van der Waals surface area contributed by atoms with Crippen molar-refractivity contribution >= 4 is 22.8 Å². The first-order valence-electron chi connectivity index (χ1n) is 6.21. The Morgan fingerprint density at radius 3 is 2.84 bits per heavy atom. The van der Waals surface area contributed by atoms with Crippen molar-refractivity contribution in [2.75, 3.05) is 31.2 Å². The van der Waals surface area contributed by atoms with E-state index < -0.39 is 6.09 Å². The van der Waals surface area contributed by atoms with Gasteiger partial charge >= 0.3 is 6.09 Å². The van der Waals surface area contributed by atoms with Gasteiger partial charge in [0.1, 0.15) is 5.52 Å². The Labute approximate surface area is 110 Å².